The Morgan fingerprint density at radius 1 is 1.33 bits per heavy atom. The Morgan fingerprint density at radius 3 is 2.57 bits per heavy atom. The average molecular weight is 313 g/mol. The first-order chi connectivity index (χ1) is 9.92. The van der Waals surface area contributed by atoms with E-state index in [-0.39, 0.29) is 5.54 Å². The summed E-state index contributed by atoms with van der Waals surface area (Å²) < 4.78 is 29.9. The highest BCUT2D eigenvalue weighted by molar-refractivity contribution is 7.89. The van der Waals surface area contributed by atoms with Crippen LogP contribution in [0.4, 0.5) is 0 Å². The molecule has 0 bridgehead atoms. The lowest BCUT2D eigenvalue weighted by atomic mass is 9.76. The van der Waals surface area contributed by atoms with Crippen LogP contribution in [0.5, 0.6) is 0 Å². The third-order valence-electron chi connectivity index (χ3n) is 4.46. The lowest BCUT2D eigenvalue weighted by Gasteiger charge is -2.41. The molecule has 2 N–H and O–H groups in total. The number of rotatable bonds is 8. The highest BCUT2D eigenvalue weighted by Gasteiger charge is 2.39. The Bertz CT molecular complexity index is 568. The molecule has 0 radical (unpaired) electrons. The second-order valence-corrected chi connectivity index (χ2v) is 7.73. The van der Waals surface area contributed by atoms with Gasteiger partial charge in [-0.05, 0) is 44.7 Å². The predicted octanol–water partition coefficient (Wildman–Crippen LogP) is 2.14. The van der Waals surface area contributed by atoms with Crippen molar-refractivity contribution in [2.24, 2.45) is 7.05 Å². The molecule has 1 aromatic heterocycles. The van der Waals surface area contributed by atoms with E-state index < -0.39 is 10.0 Å². The zero-order chi connectivity index (χ0) is 15.5. The Labute approximate surface area is 128 Å². The molecule has 0 unspecified atom stereocenters. The summed E-state index contributed by atoms with van der Waals surface area (Å²) >= 11 is 0. The van der Waals surface area contributed by atoms with Gasteiger partial charge in [0.1, 0.15) is 0 Å². The second-order valence-electron chi connectivity index (χ2n) is 6.05. The zero-order valence-corrected chi connectivity index (χ0v) is 14.1. The average Bonchev–Trinajstić information content (AvgIpc) is 2.77. The molecule has 1 heterocycles. The fraction of sp³-hybridized carbons (Fsp3) is 0.733. The van der Waals surface area contributed by atoms with Crippen LogP contribution >= 0.6 is 0 Å². The maximum absolute atomic E-state index is 12.6. The molecule has 1 saturated carbocycles. The minimum Gasteiger partial charge on any atom is -0.352 e. The fourth-order valence-corrected chi connectivity index (χ4v) is 4.39. The van der Waals surface area contributed by atoms with Crippen LogP contribution in [0.25, 0.3) is 0 Å². The van der Waals surface area contributed by atoms with Gasteiger partial charge in [0.05, 0.1) is 4.90 Å². The van der Waals surface area contributed by atoms with Crippen LogP contribution in [0, 0.1) is 0 Å². The Morgan fingerprint density at radius 2 is 2.05 bits per heavy atom. The lowest BCUT2D eigenvalue weighted by molar-refractivity contribution is 0.214. The van der Waals surface area contributed by atoms with Gasteiger partial charge in [-0.3, -0.25) is 0 Å². The van der Waals surface area contributed by atoms with Crippen LogP contribution in [0.2, 0.25) is 0 Å². The Balaban J connectivity index is 2.11. The molecule has 0 aromatic carbocycles. The lowest BCUT2D eigenvalue weighted by Crippen LogP contribution is -2.52. The van der Waals surface area contributed by atoms with E-state index in [0.717, 1.165) is 44.3 Å². The molecule has 5 nitrogen and oxygen atoms in total. The van der Waals surface area contributed by atoms with E-state index in [1.54, 1.807) is 12.3 Å². The first kappa shape index (κ1) is 16.5. The van der Waals surface area contributed by atoms with E-state index in [1.165, 1.54) is 0 Å². The first-order valence-electron chi connectivity index (χ1n) is 7.82. The predicted molar refractivity (Wildman–Crippen MR) is 84.6 cm³/mol. The molecule has 1 aliphatic rings. The number of sulfonamides is 1. The van der Waals surface area contributed by atoms with Crippen molar-refractivity contribution < 1.29 is 8.42 Å². The molecular formula is C15H27N3O2S. The van der Waals surface area contributed by atoms with Crippen LogP contribution in [0.1, 0.15) is 51.6 Å². The van der Waals surface area contributed by atoms with Gasteiger partial charge in [-0.2, -0.15) is 0 Å². The summed E-state index contributed by atoms with van der Waals surface area (Å²) in [6.45, 7) is 5.79. The van der Waals surface area contributed by atoms with Gasteiger partial charge in [0, 0.05) is 31.0 Å². The summed E-state index contributed by atoms with van der Waals surface area (Å²) in [5.41, 5.74) is 0.776. The molecule has 1 aliphatic carbocycles. The summed E-state index contributed by atoms with van der Waals surface area (Å²) in [6, 6.07) is 1.77. The molecule has 0 atom stereocenters. The standard InChI is InChI=1S/C15H27N3O2S/c1-4-9-16-11-13-10-14(12-18(13)3)21(19,20)17-15(5-2)7-6-8-15/h10,12,16-17H,4-9,11H2,1-3H3. The molecule has 1 fully saturated rings. The monoisotopic (exact) mass is 313 g/mol. The molecule has 2 rings (SSSR count). The van der Waals surface area contributed by atoms with Crippen molar-refractivity contribution in [1.29, 1.82) is 0 Å². The summed E-state index contributed by atoms with van der Waals surface area (Å²) in [5, 5.41) is 3.30. The van der Waals surface area contributed by atoms with Gasteiger partial charge in [0.2, 0.25) is 10.0 Å². The molecule has 0 saturated heterocycles. The van der Waals surface area contributed by atoms with E-state index in [9.17, 15) is 8.42 Å². The highest BCUT2D eigenvalue weighted by atomic mass is 32.2. The van der Waals surface area contributed by atoms with E-state index in [1.807, 2.05) is 18.5 Å². The maximum atomic E-state index is 12.6. The Hall–Kier alpha value is -0.850. The zero-order valence-electron chi connectivity index (χ0n) is 13.3. The maximum Gasteiger partial charge on any atom is 0.242 e. The second kappa shape index (κ2) is 6.50. The van der Waals surface area contributed by atoms with Gasteiger partial charge in [-0.25, -0.2) is 13.1 Å². The largest absolute Gasteiger partial charge is 0.352 e. The summed E-state index contributed by atoms with van der Waals surface area (Å²) in [4.78, 5) is 0.373. The van der Waals surface area contributed by atoms with Crippen molar-refractivity contribution in [2.45, 2.75) is 62.9 Å². The fourth-order valence-electron chi connectivity index (χ4n) is 2.77. The smallest absolute Gasteiger partial charge is 0.242 e. The first-order valence-corrected chi connectivity index (χ1v) is 9.31. The Kier molecular flexibility index (Phi) is 5.11. The molecule has 1 aromatic rings. The number of aryl methyl sites for hydroxylation is 1. The topological polar surface area (TPSA) is 63.1 Å². The van der Waals surface area contributed by atoms with Crippen LogP contribution in [-0.4, -0.2) is 25.1 Å². The van der Waals surface area contributed by atoms with Crippen LogP contribution in [-0.2, 0) is 23.6 Å². The molecule has 21 heavy (non-hydrogen) atoms. The quantitative estimate of drug-likeness (QED) is 0.723. The van der Waals surface area contributed by atoms with Crippen LogP contribution in [0.15, 0.2) is 17.2 Å². The molecule has 6 heteroatoms. The van der Waals surface area contributed by atoms with E-state index in [2.05, 4.69) is 17.0 Å². The van der Waals surface area contributed by atoms with E-state index in [0.29, 0.717) is 11.4 Å². The van der Waals surface area contributed by atoms with Crippen molar-refractivity contribution in [3.05, 3.63) is 18.0 Å². The highest BCUT2D eigenvalue weighted by Crippen LogP contribution is 2.36. The third kappa shape index (κ3) is 3.67. The molecule has 0 amide bonds. The van der Waals surface area contributed by atoms with Crippen molar-refractivity contribution in [1.82, 2.24) is 14.6 Å². The molecule has 0 spiro atoms. The molecular weight excluding hydrogens is 286 g/mol. The van der Waals surface area contributed by atoms with Crippen molar-refractivity contribution in [2.75, 3.05) is 6.54 Å². The minimum absolute atomic E-state index is 0.213. The number of hydrogen-bond acceptors (Lipinski definition) is 3. The van der Waals surface area contributed by atoms with Gasteiger partial charge >= 0.3 is 0 Å². The minimum atomic E-state index is -3.42. The third-order valence-corrected chi connectivity index (χ3v) is 6.01. The number of nitrogens with one attached hydrogen (secondary N) is 2. The van der Waals surface area contributed by atoms with E-state index >= 15 is 0 Å². The van der Waals surface area contributed by atoms with Gasteiger partial charge < -0.3 is 9.88 Å². The summed E-state index contributed by atoms with van der Waals surface area (Å²) in [6.07, 6.45) is 6.62. The van der Waals surface area contributed by atoms with Crippen molar-refractivity contribution in [3.63, 3.8) is 0 Å². The normalized spacial score (nSPS) is 17.7. The van der Waals surface area contributed by atoms with Crippen LogP contribution < -0.4 is 10.0 Å². The van der Waals surface area contributed by atoms with Gasteiger partial charge in [0.25, 0.3) is 0 Å². The number of aromatic nitrogens is 1. The summed E-state index contributed by atoms with van der Waals surface area (Å²) in [5.74, 6) is 0. The SMILES string of the molecule is CCCNCc1cc(S(=O)(=O)NC2(CC)CCC2)cn1C. The molecule has 120 valence electrons. The van der Waals surface area contributed by atoms with Gasteiger partial charge in [-0.1, -0.05) is 13.8 Å². The summed E-state index contributed by atoms with van der Waals surface area (Å²) in [7, 11) is -1.53. The van der Waals surface area contributed by atoms with Gasteiger partial charge in [-0.15, -0.1) is 0 Å². The van der Waals surface area contributed by atoms with Gasteiger partial charge in [0.15, 0.2) is 0 Å². The van der Waals surface area contributed by atoms with Crippen molar-refractivity contribution >= 4 is 10.0 Å². The van der Waals surface area contributed by atoms with Crippen molar-refractivity contribution in [3.8, 4) is 0 Å². The molecule has 0 aliphatic heterocycles. The van der Waals surface area contributed by atoms with E-state index in [4.69, 9.17) is 0 Å². The van der Waals surface area contributed by atoms with Crippen LogP contribution in [0.3, 0.4) is 0 Å². The number of hydrogen-bond donors (Lipinski definition) is 2. The number of nitrogens with zero attached hydrogens (tertiary/aromatic N) is 1.